The number of carboxylic acid groups (broad SMARTS) is 1. The van der Waals surface area contributed by atoms with Gasteiger partial charge in [0.15, 0.2) is 0 Å². The lowest BCUT2D eigenvalue weighted by molar-refractivity contribution is -0.137. The van der Waals surface area contributed by atoms with E-state index in [1.165, 1.54) is 0 Å². The molecular weight excluding hydrogens is 276 g/mol. The van der Waals surface area contributed by atoms with Crippen molar-refractivity contribution < 1.29 is 14.7 Å². The monoisotopic (exact) mass is 296 g/mol. The van der Waals surface area contributed by atoms with Crippen LogP contribution in [0.15, 0.2) is 29.2 Å². The zero-order valence-electron chi connectivity index (χ0n) is 11.5. The van der Waals surface area contributed by atoms with Gasteiger partial charge >= 0.3 is 12.0 Å². The van der Waals surface area contributed by atoms with Gasteiger partial charge in [0, 0.05) is 23.5 Å². The van der Waals surface area contributed by atoms with Crippen LogP contribution in [0.5, 0.6) is 0 Å². The Morgan fingerprint density at radius 3 is 2.75 bits per heavy atom. The number of hydrogen-bond acceptors (Lipinski definition) is 3. The van der Waals surface area contributed by atoms with Crippen molar-refractivity contribution >= 4 is 29.4 Å². The Labute approximate surface area is 123 Å². The molecule has 3 N–H and O–H groups in total. The van der Waals surface area contributed by atoms with Crippen LogP contribution in [0.1, 0.15) is 25.7 Å². The number of benzene rings is 1. The predicted octanol–water partition coefficient (Wildman–Crippen LogP) is 3.18. The second-order valence-corrected chi connectivity index (χ2v) is 5.20. The zero-order chi connectivity index (χ0) is 14.8. The summed E-state index contributed by atoms with van der Waals surface area (Å²) in [5.41, 5.74) is 0.764. The molecule has 0 bridgehead atoms. The standard InChI is InChI=1S/C14H20N2O3S/c1-20-12-7-5-6-11(10-12)16-14(19)15-9-4-2-3-8-13(17)18/h5-7,10H,2-4,8-9H2,1H3,(H,17,18)(H2,15,16,19). The molecule has 5 nitrogen and oxygen atoms in total. The van der Waals surface area contributed by atoms with Gasteiger partial charge in [0.2, 0.25) is 0 Å². The maximum atomic E-state index is 11.6. The largest absolute Gasteiger partial charge is 0.481 e. The fraction of sp³-hybridized carbons (Fsp3) is 0.429. The first-order chi connectivity index (χ1) is 9.61. The topological polar surface area (TPSA) is 78.4 Å². The minimum atomic E-state index is -0.774. The predicted molar refractivity (Wildman–Crippen MR) is 81.3 cm³/mol. The number of urea groups is 1. The van der Waals surface area contributed by atoms with Crippen molar-refractivity contribution in [3.8, 4) is 0 Å². The van der Waals surface area contributed by atoms with Crippen LogP contribution in [0.4, 0.5) is 10.5 Å². The van der Waals surface area contributed by atoms with Crippen molar-refractivity contribution in [2.75, 3.05) is 18.1 Å². The van der Waals surface area contributed by atoms with Crippen molar-refractivity contribution in [1.29, 1.82) is 0 Å². The molecule has 0 aliphatic heterocycles. The van der Waals surface area contributed by atoms with Crippen LogP contribution >= 0.6 is 11.8 Å². The molecule has 20 heavy (non-hydrogen) atoms. The Kier molecular flexibility index (Phi) is 7.57. The number of rotatable bonds is 8. The Hall–Kier alpha value is -1.69. The number of amides is 2. The van der Waals surface area contributed by atoms with E-state index >= 15 is 0 Å². The fourth-order valence-electron chi connectivity index (χ4n) is 1.66. The maximum Gasteiger partial charge on any atom is 0.319 e. The number of carbonyl (C=O) groups is 2. The zero-order valence-corrected chi connectivity index (χ0v) is 12.3. The minimum absolute atomic E-state index is 0.188. The molecule has 0 saturated heterocycles. The quantitative estimate of drug-likeness (QED) is 0.508. The third kappa shape index (κ3) is 7.04. The van der Waals surface area contributed by atoms with Crippen LogP contribution < -0.4 is 10.6 Å². The van der Waals surface area contributed by atoms with E-state index in [0.29, 0.717) is 13.0 Å². The summed E-state index contributed by atoms with van der Waals surface area (Å²) in [6.45, 7) is 0.549. The van der Waals surface area contributed by atoms with Gasteiger partial charge in [0.1, 0.15) is 0 Å². The Morgan fingerprint density at radius 1 is 1.25 bits per heavy atom. The molecule has 1 aromatic carbocycles. The number of anilines is 1. The lowest BCUT2D eigenvalue weighted by atomic mass is 10.2. The molecule has 1 aromatic rings. The number of nitrogens with one attached hydrogen (secondary N) is 2. The highest BCUT2D eigenvalue weighted by Crippen LogP contribution is 2.18. The molecule has 0 spiro atoms. The highest BCUT2D eigenvalue weighted by atomic mass is 32.2. The molecule has 0 aliphatic carbocycles. The van der Waals surface area contributed by atoms with E-state index in [2.05, 4.69) is 10.6 Å². The van der Waals surface area contributed by atoms with E-state index in [0.717, 1.165) is 23.4 Å². The minimum Gasteiger partial charge on any atom is -0.481 e. The van der Waals surface area contributed by atoms with Gasteiger partial charge in [-0.3, -0.25) is 4.79 Å². The summed E-state index contributed by atoms with van der Waals surface area (Å²) < 4.78 is 0. The number of carboxylic acids is 1. The first kappa shape index (κ1) is 16.4. The molecule has 0 atom stereocenters. The van der Waals surface area contributed by atoms with E-state index in [-0.39, 0.29) is 12.5 Å². The van der Waals surface area contributed by atoms with Gasteiger partial charge in [0.25, 0.3) is 0 Å². The van der Waals surface area contributed by atoms with E-state index < -0.39 is 5.97 Å². The summed E-state index contributed by atoms with van der Waals surface area (Å²) in [6, 6.07) is 7.40. The molecule has 0 heterocycles. The molecular formula is C14H20N2O3S. The number of unbranched alkanes of at least 4 members (excludes halogenated alkanes) is 2. The van der Waals surface area contributed by atoms with Gasteiger partial charge in [-0.05, 0) is 37.3 Å². The van der Waals surface area contributed by atoms with E-state index in [9.17, 15) is 9.59 Å². The molecule has 1 rings (SSSR count). The van der Waals surface area contributed by atoms with Gasteiger partial charge in [0.05, 0.1) is 0 Å². The lowest BCUT2D eigenvalue weighted by Crippen LogP contribution is -2.29. The summed E-state index contributed by atoms with van der Waals surface area (Å²) in [4.78, 5) is 23.0. The summed E-state index contributed by atoms with van der Waals surface area (Å²) >= 11 is 1.62. The molecule has 6 heteroatoms. The Morgan fingerprint density at radius 2 is 2.05 bits per heavy atom. The van der Waals surface area contributed by atoms with E-state index in [4.69, 9.17) is 5.11 Å². The highest BCUT2D eigenvalue weighted by molar-refractivity contribution is 7.98. The first-order valence-electron chi connectivity index (χ1n) is 6.52. The third-order valence-corrected chi connectivity index (χ3v) is 3.41. The molecule has 110 valence electrons. The van der Waals surface area contributed by atoms with Crippen LogP contribution in [0.3, 0.4) is 0 Å². The van der Waals surface area contributed by atoms with Gasteiger partial charge in [-0.25, -0.2) is 4.79 Å². The molecule has 0 radical (unpaired) electrons. The van der Waals surface area contributed by atoms with Gasteiger partial charge in [-0.15, -0.1) is 11.8 Å². The number of hydrogen-bond donors (Lipinski definition) is 3. The average Bonchev–Trinajstić information content (AvgIpc) is 2.42. The normalized spacial score (nSPS) is 10.1. The van der Waals surface area contributed by atoms with Crippen LogP contribution in [0, 0.1) is 0 Å². The second-order valence-electron chi connectivity index (χ2n) is 4.32. The lowest BCUT2D eigenvalue weighted by Gasteiger charge is -2.08. The number of aliphatic carboxylic acids is 1. The summed E-state index contributed by atoms with van der Waals surface area (Å²) in [5.74, 6) is -0.774. The molecule has 0 fully saturated rings. The molecule has 0 saturated carbocycles. The van der Waals surface area contributed by atoms with Gasteiger partial charge in [-0.1, -0.05) is 12.5 Å². The van der Waals surface area contributed by atoms with Gasteiger partial charge < -0.3 is 15.7 Å². The van der Waals surface area contributed by atoms with E-state index in [1.54, 1.807) is 11.8 Å². The molecule has 0 aliphatic rings. The molecule has 0 aromatic heterocycles. The highest BCUT2D eigenvalue weighted by Gasteiger charge is 2.02. The second kappa shape index (κ2) is 9.25. The van der Waals surface area contributed by atoms with Gasteiger partial charge in [-0.2, -0.15) is 0 Å². The summed E-state index contributed by atoms with van der Waals surface area (Å²) in [7, 11) is 0. The van der Waals surface area contributed by atoms with Crippen molar-refractivity contribution in [2.24, 2.45) is 0 Å². The number of carbonyl (C=O) groups excluding carboxylic acids is 1. The van der Waals surface area contributed by atoms with Crippen molar-refractivity contribution in [3.05, 3.63) is 24.3 Å². The van der Waals surface area contributed by atoms with Crippen LogP contribution in [0.25, 0.3) is 0 Å². The van der Waals surface area contributed by atoms with Crippen molar-refractivity contribution in [2.45, 2.75) is 30.6 Å². The van der Waals surface area contributed by atoms with Crippen LogP contribution in [-0.2, 0) is 4.79 Å². The van der Waals surface area contributed by atoms with Crippen molar-refractivity contribution in [3.63, 3.8) is 0 Å². The van der Waals surface area contributed by atoms with E-state index in [1.807, 2.05) is 30.5 Å². The smallest absolute Gasteiger partial charge is 0.319 e. The average molecular weight is 296 g/mol. The van der Waals surface area contributed by atoms with Crippen LogP contribution in [-0.4, -0.2) is 29.9 Å². The Balaban J connectivity index is 2.18. The fourth-order valence-corrected chi connectivity index (χ4v) is 2.12. The summed E-state index contributed by atoms with van der Waals surface area (Å²) in [6.07, 6.45) is 4.40. The van der Waals surface area contributed by atoms with Crippen molar-refractivity contribution in [1.82, 2.24) is 5.32 Å². The molecule has 0 unspecified atom stereocenters. The van der Waals surface area contributed by atoms with Crippen LogP contribution in [0.2, 0.25) is 0 Å². The summed E-state index contributed by atoms with van der Waals surface area (Å²) in [5, 5.41) is 14.0. The first-order valence-corrected chi connectivity index (χ1v) is 7.75. The third-order valence-electron chi connectivity index (χ3n) is 2.68. The Bertz CT molecular complexity index is 452. The number of thioether (sulfide) groups is 1. The maximum absolute atomic E-state index is 11.6. The SMILES string of the molecule is CSc1cccc(NC(=O)NCCCCCC(=O)O)c1. The molecule has 2 amide bonds.